The maximum atomic E-state index is 12.8. The maximum Gasteiger partial charge on any atom is 0.342 e. The van der Waals surface area contributed by atoms with E-state index in [2.05, 4.69) is 5.32 Å². The van der Waals surface area contributed by atoms with Gasteiger partial charge in [-0.1, -0.05) is 6.07 Å². The van der Waals surface area contributed by atoms with Gasteiger partial charge in [0.15, 0.2) is 17.6 Å². The minimum absolute atomic E-state index is 0.144. The third kappa shape index (κ3) is 4.88. The van der Waals surface area contributed by atoms with E-state index in [9.17, 15) is 14.4 Å². The summed E-state index contributed by atoms with van der Waals surface area (Å²) in [7, 11) is 2.88. The predicted octanol–water partition coefficient (Wildman–Crippen LogP) is 4.00. The van der Waals surface area contributed by atoms with Crippen LogP contribution in [0, 0.1) is 0 Å². The van der Waals surface area contributed by atoms with Gasteiger partial charge in [-0.25, -0.2) is 9.59 Å². The summed E-state index contributed by atoms with van der Waals surface area (Å²) in [6.45, 7) is 3.45. The van der Waals surface area contributed by atoms with Crippen molar-refractivity contribution < 1.29 is 33.3 Å². The van der Waals surface area contributed by atoms with Crippen molar-refractivity contribution in [3.05, 3.63) is 39.8 Å². The van der Waals surface area contributed by atoms with Crippen LogP contribution in [0.4, 0.5) is 5.00 Å². The number of anilines is 1. The normalized spacial score (nSPS) is 13.5. The summed E-state index contributed by atoms with van der Waals surface area (Å²) >= 11 is 1.38. The summed E-state index contributed by atoms with van der Waals surface area (Å²) in [5.41, 5.74) is 1.50. The van der Waals surface area contributed by atoms with E-state index in [0.29, 0.717) is 16.3 Å². The fraction of sp³-hybridized carbons (Fsp3) is 0.435. The molecule has 0 spiro atoms. The van der Waals surface area contributed by atoms with Crippen LogP contribution < -0.4 is 14.8 Å². The molecule has 1 aromatic carbocycles. The number of carbonyl (C=O) groups excluding carboxylic acids is 3. The van der Waals surface area contributed by atoms with Crippen LogP contribution in [0.15, 0.2) is 18.2 Å². The van der Waals surface area contributed by atoms with Crippen LogP contribution >= 0.6 is 11.3 Å². The number of benzene rings is 1. The number of methoxy groups -OCH3 is 2. The topological polar surface area (TPSA) is 100 Å². The number of hydrogen-bond acceptors (Lipinski definition) is 8. The largest absolute Gasteiger partial charge is 0.493 e. The minimum atomic E-state index is -1.10. The summed E-state index contributed by atoms with van der Waals surface area (Å²) in [5, 5.41) is 3.19. The van der Waals surface area contributed by atoms with Crippen LogP contribution in [0.5, 0.6) is 11.5 Å². The van der Waals surface area contributed by atoms with Crippen LogP contribution in [0.3, 0.4) is 0 Å². The molecule has 172 valence electrons. The molecule has 0 aliphatic heterocycles. The van der Waals surface area contributed by atoms with E-state index in [1.165, 1.54) is 38.5 Å². The highest BCUT2D eigenvalue weighted by Gasteiger charge is 2.29. The van der Waals surface area contributed by atoms with E-state index < -0.39 is 23.9 Å². The van der Waals surface area contributed by atoms with Crippen LogP contribution in [-0.2, 0) is 27.1 Å². The lowest BCUT2D eigenvalue weighted by Gasteiger charge is -2.16. The van der Waals surface area contributed by atoms with Gasteiger partial charge < -0.3 is 24.3 Å². The first kappa shape index (κ1) is 23.6. The molecule has 0 fully saturated rings. The van der Waals surface area contributed by atoms with E-state index in [4.69, 9.17) is 18.9 Å². The van der Waals surface area contributed by atoms with Gasteiger partial charge in [-0.05, 0) is 57.2 Å². The molecular formula is C23H27NO7S. The number of ether oxygens (including phenoxy) is 4. The van der Waals surface area contributed by atoms with Gasteiger partial charge in [-0.3, -0.25) is 4.79 Å². The third-order valence-electron chi connectivity index (χ3n) is 5.16. The Bertz CT molecular complexity index is 1010. The van der Waals surface area contributed by atoms with E-state index in [-0.39, 0.29) is 17.9 Å². The number of fused-ring (bicyclic) bond motifs is 1. The van der Waals surface area contributed by atoms with Crippen molar-refractivity contribution in [1.29, 1.82) is 0 Å². The molecule has 0 radical (unpaired) electrons. The smallest absolute Gasteiger partial charge is 0.342 e. The van der Waals surface area contributed by atoms with Crippen LogP contribution in [-0.4, -0.2) is 44.8 Å². The second kappa shape index (κ2) is 10.5. The molecule has 1 aromatic heterocycles. The second-order valence-corrected chi connectivity index (χ2v) is 8.32. The second-order valence-electron chi connectivity index (χ2n) is 7.21. The van der Waals surface area contributed by atoms with Crippen molar-refractivity contribution in [3.63, 3.8) is 0 Å². The van der Waals surface area contributed by atoms with Gasteiger partial charge in [0.1, 0.15) is 10.6 Å². The number of thiophene rings is 1. The number of rotatable bonds is 8. The van der Waals surface area contributed by atoms with E-state index in [1.807, 2.05) is 0 Å². The van der Waals surface area contributed by atoms with Crippen LogP contribution in [0.1, 0.15) is 57.8 Å². The first-order chi connectivity index (χ1) is 15.4. The van der Waals surface area contributed by atoms with Crippen molar-refractivity contribution in [2.24, 2.45) is 0 Å². The Kier molecular flexibility index (Phi) is 7.74. The average Bonchev–Trinajstić information content (AvgIpc) is 3.16. The summed E-state index contributed by atoms with van der Waals surface area (Å²) in [5.74, 6) is -1.11. The number of para-hydroxylation sites is 1. The third-order valence-corrected chi connectivity index (χ3v) is 6.37. The zero-order valence-electron chi connectivity index (χ0n) is 18.6. The quantitative estimate of drug-likeness (QED) is 0.593. The van der Waals surface area contributed by atoms with Gasteiger partial charge in [-0.2, -0.15) is 0 Å². The number of aryl methyl sites for hydroxylation is 1. The molecular weight excluding hydrogens is 434 g/mol. The summed E-state index contributed by atoms with van der Waals surface area (Å²) in [6, 6.07) is 4.81. The molecule has 0 saturated carbocycles. The fourth-order valence-electron chi connectivity index (χ4n) is 3.61. The Morgan fingerprint density at radius 2 is 1.84 bits per heavy atom. The summed E-state index contributed by atoms with van der Waals surface area (Å²) in [4.78, 5) is 39.1. The van der Waals surface area contributed by atoms with Crippen LogP contribution in [0.25, 0.3) is 0 Å². The number of hydrogen-bond donors (Lipinski definition) is 1. The molecule has 0 bridgehead atoms. The van der Waals surface area contributed by atoms with Crippen molar-refractivity contribution in [2.75, 3.05) is 26.1 Å². The molecule has 1 atom stereocenters. The maximum absolute atomic E-state index is 12.8. The molecule has 1 heterocycles. The molecule has 3 rings (SSSR count). The Labute approximate surface area is 190 Å². The van der Waals surface area contributed by atoms with Gasteiger partial charge >= 0.3 is 11.9 Å². The standard InChI is InChI=1S/C23H27NO7S/c1-5-30-23(27)18-14-9-6-7-12-17(14)32-21(18)24-20(25)13(2)31-22(26)15-10-8-11-16(28-3)19(15)29-4/h8,10-11,13H,5-7,9,12H2,1-4H3,(H,24,25)/t13-/m1/s1. The van der Waals surface area contributed by atoms with Crippen molar-refractivity contribution in [2.45, 2.75) is 45.6 Å². The molecule has 1 aliphatic carbocycles. The highest BCUT2D eigenvalue weighted by molar-refractivity contribution is 7.17. The number of carbonyl (C=O) groups is 3. The van der Waals surface area contributed by atoms with E-state index >= 15 is 0 Å². The zero-order valence-corrected chi connectivity index (χ0v) is 19.4. The molecule has 1 amide bonds. The lowest BCUT2D eigenvalue weighted by Crippen LogP contribution is -2.30. The number of amides is 1. The van der Waals surface area contributed by atoms with Gasteiger partial charge in [0.2, 0.25) is 0 Å². The molecule has 1 N–H and O–H groups in total. The first-order valence-electron chi connectivity index (χ1n) is 10.5. The molecule has 9 heteroatoms. The van der Waals surface area contributed by atoms with Crippen molar-refractivity contribution in [3.8, 4) is 11.5 Å². The van der Waals surface area contributed by atoms with E-state index in [1.54, 1.807) is 19.1 Å². The lowest BCUT2D eigenvalue weighted by molar-refractivity contribution is -0.123. The van der Waals surface area contributed by atoms with Gasteiger partial charge in [-0.15, -0.1) is 11.3 Å². The van der Waals surface area contributed by atoms with E-state index in [0.717, 1.165) is 36.1 Å². The van der Waals surface area contributed by atoms with Crippen molar-refractivity contribution in [1.82, 2.24) is 0 Å². The zero-order chi connectivity index (χ0) is 23.3. The minimum Gasteiger partial charge on any atom is -0.493 e. The SMILES string of the molecule is CCOC(=O)c1c(NC(=O)[C@@H](C)OC(=O)c2cccc(OC)c2OC)sc2c1CCCC2. The molecule has 8 nitrogen and oxygen atoms in total. The average molecular weight is 462 g/mol. The monoisotopic (exact) mass is 461 g/mol. The van der Waals surface area contributed by atoms with Gasteiger partial charge in [0, 0.05) is 4.88 Å². The van der Waals surface area contributed by atoms with Crippen molar-refractivity contribution >= 4 is 34.2 Å². The molecule has 0 unspecified atom stereocenters. The summed E-state index contributed by atoms with van der Waals surface area (Å²) in [6.07, 6.45) is 2.56. The fourth-order valence-corrected chi connectivity index (χ4v) is 4.89. The molecule has 2 aromatic rings. The number of esters is 2. The molecule has 0 saturated heterocycles. The first-order valence-corrected chi connectivity index (χ1v) is 11.3. The Hall–Kier alpha value is -3.07. The lowest BCUT2D eigenvalue weighted by atomic mass is 9.95. The van der Waals surface area contributed by atoms with Gasteiger partial charge in [0.05, 0.1) is 26.4 Å². The molecule has 32 heavy (non-hydrogen) atoms. The number of nitrogens with one attached hydrogen (secondary N) is 1. The Balaban J connectivity index is 1.77. The Morgan fingerprint density at radius 1 is 1.09 bits per heavy atom. The highest BCUT2D eigenvalue weighted by atomic mass is 32.1. The summed E-state index contributed by atoms with van der Waals surface area (Å²) < 4.78 is 21.0. The highest BCUT2D eigenvalue weighted by Crippen LogP contribution is 2.39. The Morgan fingerprint density at radius 3 is 2.53 bits per heavy atom. The predicted molar refractivity (Wildman–Crippen MR) is 120 cm³/mol. The molecule has 1 aliphatic rings. The van der Waals surface area contributed by atoms with Crippen LogP contribution in [0.2, 0.25) is 0 Å². The van der Waals surface area contributed by atoms with Gasteiger partial charge in [0.25, 0.3) is 5.91 Å².